The molecule has 0 aliphatic heterocycles. The van der Waals surface area contributed by atoms with Crippen LogP contribution in [0.3, 0.4) is 0 Å². The molecule has 1 aromatic heterocycles. The molecule has 0 atom stereocenters. The summed E-state index contributed by atoms with van der Waals surface area (Å²) in [6, 6.07) is 17.1. The van der Waals surface area contributed by atoms with Crippen molar-refractivity contribution in [1.82, 2.24) is 15.6 Å². The van der Waals surface area contributed by atoms with Gasteiger partial charge in [0.2, 0.25) is 5.91 Å². The smallest absolute Gasteiger partial charge is 0.295 e. The average molecular weight is 623 g/mol. The van der Waals surface area contributed by atoms with E-state index in [0.717, 1.165) is 31.4 Å². The maximum absolute atomic E-state index is 12.4. The highest BCUT2D eigenvalue weighted by molar-refractivity contribution is 7.86. The number of amides is 2. The monoisotopic (exact) mass is 622 g/mol. The number of aromatic nitrogens is 1. The molecule has 0 saturated heterocycles. The number of pyridine rings is 1. The molecule has 12 heteroatoms. The molecule has 3 aromatic rings. The molecule has 1 heterocycles. The van der Waals surface area contributed by atoms with E-state index >= 15 is 0 Å². The SMILES string of the molecule is Nc1ccc(CCCCCCCCCCC(=O)NCCNC(=O)c2ccc(NN=Cc3ccccc3S(=O)(=O)O)nc2)cc1. The summed E-state index contributed by atoms with van der Waals surface area (Å²) in [7, 11) is -4.38. The van der Waals surface area contributed by atoms with Crippen molar-refractivity contribution in [3.8, 4) is 0 Å². The van der Waals surface area contributed by atoms with Crippen molar-refractivity contribution < 1.29 is 22.6 Å². The Morgan fingerprint density at radius 2 is 1.50 bits per heavy atom. The van der Waals surface area contributed by atoms with Gasteiger partial charge in [-0.3, -0.25) is 19.6 Å². The number of hydrazone groups is 1. The van der Waals surface area contributed by atoms with E-state index in [1.807, 2.05) is 12.1 Å². The molecule has 0 spiro atoms. The van der Waals surface area contributed by atoms with Crippen LogP contribution in [0, 0.1) is 0 Å². The van der Waals surface area contributed by atoms with E-state index in [1.54, 1.807) is 18.2 Å². The summed E-state index contributed by atoms with van der Waals surface area (Å²) in [5.41, 5.74) is 11.1. The van der Waals surface area contributed by atoms with Crippen LogP contribution in [-0.4, -0.2) is 49.1 Å². The molecule has 0 unspecified atom stereocenters. The van der Waals surface area contributed by atoms with Gasteiger partial charge in [-0.2, -0.15) is 13.5 Å². The van der Waals surface area contributed by atoms with Crippen molar-refractivity contribution in [3.05, 3.63) is 83.6 Å². The van der Waals surface area contributed by atoms with Crippen molar-refractivity contribution in [2.24, 2.45) is 5.10 Å². The number of aryl methyl sites for hydroxylation is 1. The van der Waals surface area contributed by atoms with Gasteiger partial charge in [0.15, 0.2) is 0 Å². The molecular weight excluding hydrogens is 580 g/mol. The fourth-order valence-corrected chi connectivity index (χ4v) is 5.18. The van der Waals surface area contributed by atoms with E-state index < -0.39 is 10.1 Å². The Labute approximate surface area is 259 Å². The first kappa shape index (κ1) is 34.2. The molecule has 0 fully saturated rings. The molecule has 2 amide bonds. The van der Waals surface area contributed by atoms with Crippen LogP contribution in [0.5, 0.6) is 0 Å². The number of nitrogens with one attached hydrogen (secondary N) is 3. The van der Waals surface area contributed by atoms with Crippen LogP contribution >= 0.6 is 0 Å². The Balaban J connectivity index is 1.20. The number of hydrogen-bond acceptors (Lipinski definition) is 8. The third kappa shape index (κ3) is 12.9. The minimum Gasteiger partial charge on any atom is -0.399 e. The summed E-state index contributed by atoms with van der Waals surface area (Å²) in [5.74, 6) is -0.00672. The number of hydrogen-bond donors (Lipinski definition) is 5. The fourth-order valence-electron chi connectivity index (χ4n) is 4.51. The van der Waals surface area contributed by atoms with Gasteiger partial charge in [-0.05, 0) is 55.2 Å². The average Bonchev–Trinajstić information content (AvgIpc) is 3.01. The first-order valence-electron chi connectivity index (χ1n) is 14.9. The second-order valence-corrected chi connectivity index (χ2v) is 11.9. The molecule has 3 rings (SSSR count). The van der Waals surface area contributed by atoms with Crippen LogP contribution in [0.15, 0.2) is 76.9 Å². The lowest BCUT2D eigenvalue weighted by atomic mass is 10.0. The van der Waals surface area contributed by atoms with E-state index in [-0.39, 0.29) is 22.3 Å². The quantitative estimate of drug-likeness (QED) is 0.0410. The van der Waals surface area contributed by atoms with Crippen molar-refractivity contribution in [2.75, 3.05) is 24.2 Å². The zero-order chi connectivity index (χ0) is 31.6. The van der Waals surface area contributed by atoms with Gasteiger partial charge in [0.25, 0.3) is 16.0 Å². The van der Waals surface area contributed by atoms with Gasteiger partial charge in [0, 0.05) is 37.0 Å². The standard InChI is InChI=1S/C32H42N6O5S/c33-28-18-15-25(16-19-28)11-7-5-3-1-2-4-6-8-14-31(39)34-21-22-35-32(40)27-17-20-30(36-23-27)38-37-24-26-12-9-10-13-29(26)44(41,42)43/h9-10,12-13,15-20,23-24H,1-8,11,14,21-22,33H2,(H,34,39)(H,35,40)(H,36,38)(H,41,42,43). The largest absolute Gasteiger partial charge is 0.399 e. The van der Waals surface area contributed by atoms with Crippen molar-refractivity contribution in [2.45, 2.75) is 69.1 Å². The highest BCUT2D eigenvalue weighted by Crippen LogP contribution is 2.14. The predicted molar refractivity (Wildman–Crippen MR) is 173 cm³/mol. The van der Waals surface area contributed by atoms with Gasteiger partial charge in [-0.25, -0.2) is 4.98 Å². The Hall–Kier alpha value is -4.29. The van der Waals surface area contributed by atoms with Crippen LogP contribution < -0.4 is 21.8 Å². The van der Waals surface area contributed by atoms with Crippen LogP contribution in [0.1, 0.15) is 79.3 Å². The van der Waals surface area contributed by atoms with Crippen LogP contribution in [0.2, 0.25) is 0 Å². The zero-order valence-electron chi connectivity index (χ0n) is 24.9. The lowest BCUT2D eigenvalue weighted by Crippen LogP contribution is -2.34. The molecule has 0 bridgehead atoms. The van der Waals surface area contributed by atoms with Crippen molar-refractivity contribution in [3.63, 3.8) is 0 Å². The lowest BCUT2D eigenvalue weighted by molar-refractivity contribution is -0.121. The number of rotatable bonds is 19. The number of carbonyl (C=O) groups is 2. The summed E-state index contributed by atoms with van der Waals surface area (Å²) < 4.78 is 32.2. The molecule has 6 N–H and O–H groups in total. The van der Waals surface area contributed by atoms with E-state index in [1.165, 1.54) is 68.3 Å². The third-order valence-electron chi connectivity index (χ3n) is 6.94. The Bertz CT molecular complexity index is 1460. The minimum absolute atomic E-state index is 0.0150. The summed E-state index contributed by atoms with van der Waals surface area (Å²) in [6.45, 7) is 0.633. The van der Waals surface area contributed by atoms with Gasteiger partial charge in [0.05, 0.1) is 11.8 Å². The third-order valence-corrected chi connectivity index (χ3v) is 7.86. The van der Waals surface area contributed by atoms with E-state index in [2.05, 4.69) is 38.3 Å². The number of nitrogen functional groups attached to an aromatic ring is 1. The highest BCUT2D eigenvalue weighted by Gasteiger charge is 2.13. The number of anilines is 2. The van der Waals surface area contributed by atoms with Crippen LogP contribution in [0.4, 0.5) is 11.5 Å². The summed E-state index contributed by atoms with van der Waals surface area (Å²) >= 11 is 0. The first-order valence-corrected chi connectivity index (χ1v) is 16.4. The van der Waals surface area contributed by atoms with Gasteiger partial charge < -0.3 is 16.4 Å². The van der Waals surface area contributed by atoms with Crippen molar-refractivity contribution in [1.29, 1.82) is 0 Å². The molecule has 2 aromatic carbocycles. The molecule has 0 aliphatic carbocycles. The predicted octanol–water partition coefficient (Wildman–Crippen LogP) is 4.96. The molecule has 236 valence electrons. The van der Waals surface area contributed by atoms with Gasteiger partial charge in [-0.1, -0.05) is 68.9 Å². The number of unbranched alkanes of at least 4 members (excludes halogenated alkanes) is 7. The van der Waals surface area contributed by atoms with E-state index in [9.17, 15) is 22.6 Å². The fraction of sp³-hybridized carbons (Fsp3) is 0.375. The summed E-state index contributed by atoms with van der Waals surface area (Å²) in [4.78, 5) is 28.3. The number of benzene rings is 2. The Kier molecular flexibility index (Phi) is 14.3. The second-order valence-electron chi connectivity index (χ2n) is 10.5. The lowest BCUT2D eigenvalue weighted by Gasteiger charge is -2.08. The molecular formula is C32H42N6O5S. The number of nitrogens with two attached hydrogens (primary N) is 1. The van der Waals surface area contributed by atoms with E-state index in [4.69, 9.17) is 5.73 Å². The maximum Gasteiger partial charge on any atom is 0.295 e. The topological polar surface area (TPSA) is 176 Å². The molecule has 0 aliphatic rings. The van der Waals surface area contributed by atoms with Gasteiger partial charge in [-0.15, -0.1) is 0 Å². The van der Waals surface area contributed by atoms with Gasteiger partial charge in [0.1, 0.15) is 10.7 Å². The van der Waals surface area contributed by atoms with Crippen LogP contribution in [-0.2, 0) is 21.3 Å². The first-order chi connectivity index (χ1) is 21.2. The summed E-state index contributed by atoms with van der Waals surface area (Å²) in [5, 5.41) is 9.52. The molecule has 0 saturated carbocycles. The minimum atomic E-state index is -4.38. The van der Waals surface area contributed by atoms with E-state index in [0.29, 0.717) is 30.9 Å². The Morgan fingerprint density at radius 3 is 2.18 bits per heavy atom. The Morgan fingerprint density at radius 1 is 0.841 bits per heavy atom. The normalized spacial score (nSPS) is 11.4. The molecule has 11 nitrogen and oxygen atoms in total. The van der Waals surface area contributed by atoms with Crippen LogP contribution in [0.25, 0.3) is 0 Å². The van der Waals surface area contributed by atoms with Gasteiger partial charge >= 0.3 is 0 Å². The zero-order valence-corrected chi connectivity index (χ0v) is 25.7. The second kappa shape index (κ2) is 18.4. The molecule has 0 radical (unpaired) electrons. The van der Waals surface area contributed by atoms with Crippen molar-refractivity contribution >= 4 is 39.7 Å². The number of nitrogens with zero attached hydrogens (tertiary/aromatic N) is 2. The summed E-state index contributed by atoms with van der Waals surface area (Å²) in [6.07, 6.45) is 13.3. The highest BCUT2D eigenvalue weighted by atomic mass is 32.2. The number of carbonyl (C=O) groups excluding carboxylic acids is 2. The maximum atomic E-state index is 12.4. The molecule has 44 heavy (non-hydrogen) atoms.